The van der Waals surface area contributed by atoms with E-state index in [1.54, 1.807) is 22.9 Å². The van der Waals surface area contributed by atoms with E-state index in [-0.39, 0.29) is 22.9 Å². The van der Waals surface area contributed by atoms with Gasteiger partial charge in [0.25, 0.3) is 11.5 Å². The molecule has 3 fully saturated rings. The lowest BCUT2D eigenvalue weighted by Crippen LogP contribution is -2.49. The third-order valence-corrected chi connectivity index (χ3v) is 7.54. The number of hydrogen-bond acceptors (Lipinski definition) is 6. The van der Waals surface area contributed by atoms with E-state index in [2.05, 4.69) is 22.1 Å². The summed E-state index contributed by atoms with van der Waals surface area (Å²) >= 11 is 0. The van der Waals surface area contributed by atoms with Gasteiger partial charge in [-0.15, -0.1) is 0 Å². The summed E-state index contributed by atoms with van der Waals surface area (Å²) in [6.45, 7) is 5.59. The zero-order valence-corrected chi connectivity index (χ0v) is 18.7. The van der Waals surface area contributed by atoms with E-state index in [9.17, 15) is 14.7 Å². The lowest BCUT2D eigenvalue weighted by molar-refractivity contribution is -0.0215. The normalized spacial score (nSPS) is 25.2. The number of ether oxygens (including phenoxy) is 1. The third-order valence-electron chi connectivity index (χ3n) is 7.54. The molecule has 2 aliphatic carbocycles. The molecule has 5 rings (SSSR count). The minimum Gasteiger partial charge on any atom is -0.506 e. The van der Waals surface area contributed by atoms with E-state index >= 15 is 0 Å². The van der Waals surface area contributed by atoms with Gasteiger partial charge in [0.2, 0.25) is 0 Å². The Bertz CT molecular complexity index is 1070. The number of carbonyl (C=O) groups excluding carboxylic acids is 1. The van der Waals surface area contributed by atoms with Crippen LogP contribution in [0, 0.1) is 5.92 Å². The maximum Gasteiger partial charge on any atom is 0.268 e. The van der Waals surface area contributed by atoms with Crippen molar-refractivity contribution >= 4 is 16.9 Å². The first-order valence-electron chi connectivity index (χ1n) is 11.8. The van der Waals surface area contributed by atoms with Crippen LogP contribution in [0.4, 0.5) is 0 Å². The lowest BCUT2D eigenvalue weighted by Gasteiger charge is -2.36. The van der Waals surface area contributed by atoms with Crippen LogP contribution in [-0.4, -0.2) is 63.3 Å². The molecule has 3 aliphatic rings. The molecule has 32 heavy (non-hydrogen) atoms. The number of fused-ring (bicyclic) bond motifs is 1. The zero-order valence-electron chi connectivity index (χ0n) is 18.7. The topological polar surface area (TPSA) is 96.7 Å². The average Bonchev–Trinajstić information content (AvgIpc) is 3.56. The molecule has 1 saturated heterocycles. The first-order valence-corrected chi connectivity index (χ1v) is 11.8. The highest BCUT2D eigenvalue weighted by atomic mass is 16.5. The second-order valence-electron chi connectivity index (χ2n) is 9.75. The minimum absolute atomic E-state index is 0.0404. The molecule has 172 valence electrons. The van der Waals surface area contributed by atoms with Crippen molar-refractivity contribution in [2.75, 3.05) is 26.3 Å². The summed E-state index contributed by atoms with van der Waals surface area (Å²) in [5.74, 6) is -0.104. The quantitative estimate of drug-likeness (QED) is 0.741. The Balaban J connectivity index is 1.44. The smallest absolute Gasteiger partial charge is 0.268 e. The minimum atomic E-state index is -0.489. The fourth-order valence-corrected chi connectivity index (χ4v) is 5.28. The van der Waals surface area contributed by atoms with Crippen LogP contribution < -0.4 is 10.9 Å². The van der Waals surface area contributed by atoms with Gasteiger partial charge >= 0.3 is 0 Å². The summed E-state index contributed by atoms with van der Waals surface area (Å²) in [6.07, 6.45) is 7.76. The Labute approximate surface area is 187 Å². The van der Waals surface area contributed by atoms with Gasteiger partial charge in [-0.1, -0.05) is 6.92 Å². The fourth-order valence-electron chi connectivity index (χ4n) is 5.28. The fraction of sp³-hybridized carbons (Fsp3) is 0.625. The summed E-state index contributed by atoms with van der Waals surface area (Å²) in [7, 11) is 0. The van der Waals surface area contributed by atoms with E-state index < -0.39 is 11.5 Å². The van der Waals surface area contributed by atoms with Crippen molar-refractivity contribution in [1.29, 1.82) is 0 Å². The van der Waals surface area contributed by atoms with Crippen molar-refractivity contribution in [1.82, 2.24) is 19.8 Å². The van der Waals surface area contributed by atoms with Crippen LogP contribution in [0.3, 0.4) is 0 Å². The second kappa shape index (κ2) is 8.48. The second-order valence-corrected chi connectivity index (χ2v) is 9.75. The number of rotatable bonds is 5. The molecule has 0 atom stereocenters. The molecule has 2 N–H and O–H groups in total. The van der Waals surface area contributed by atoms with Gasteiger partial charge in [0.15, 0.2) is 0 Å². The number of morpholine rings is 1. The Morgan fingerprint density at radius 2 is 2.06 bits per heavy atom. The van der Waals surface area contributed by atoms with Gasteiger partial charge in [-0.3, -0.25) is 19.1 Å². The van der Waals surface area contributed by atoms with Gasteiger partial charge in [-0.25, -0.2) is 4.98 Å². The number of amides is 1. The van der Waals surface area contributed by atoms with E-state index in [4.69, 9.17) is 4.74 Å². The molecule has 0 radical (unpaired) electrons. The van der Waals surface area contributed by atoms with E-state index in [1.807, 2.05) is 0 Å². The number of pyridine rings is 2. The maximum absolute atomic E-state index is 13.4. The molecule has 0 unspecified atom stereocenters. The van der Waals surface area contributed by atoms with Crippen molar-refractivity contribution in [2.24, 2.45) is 5.92 Å². The van der Waals surface area contributed by atoms with Crippen LogP contribution in [0.25, 0.3) is 11.0 Å². The number of nitrogens with zero attached hydrogens (tertiary/aromatic N) is 3. The van der Waals surface area contributed by atoms with Gasteiger partial charge in [0.05, 0.1) is 18.6 Å². The third kappa shape index (κ3) is 3.90. The molecule has 1 aliphatic heterocycles. The number of carbonyl (C=O) groups is 1. The molecule has 0 aromatic carbocycles. The Morgan fingerprint density at radius 1 is 1.28 bits per heavy atom. The highest BCUT2D eigenvalue weighted by molar-refractivity contribution is 6.01. The van der Waals surface area contributed by atoms with Crippen molar-refractivity contribution in [2.45, 2.75) is 63.6 Å². The standard InChI is InChI=1S/C24H32N4O4/c1-16-4-6-17(7-5-16)26-22(30)19-20(29)18-3-2-10-25-21(18)28(23(19)31)12-11-27-13-14-32-15-24(27)8-9-24/h2-3,10,16-17,29H,4-9,11-15H2,1H3,(H,26,30)/t16-,17+. The summed E-state index contributed by atoms with van der Waals surface area (Å²) in [5.41, 5.74) is -0.128. The van der Waals surface area contributed by atoms with Gasteiger partial charge in [0.1, 0.15) is 17.0 Å². The highest BCUT2D eigenvalue weighted by Gasteiger charge is 2.49. The van der Waals surface area contributed by atoms with Crippen LogP contribution in [0.1, 0.15) is 55.8 Å². The van der Waals surface area contributed by atoms with Crippen LogP contribution in [0.2, 0.25) is 0 Å². The largest absolute Gasteiger partial charge is 0.506 e. The molecule has 1 amide bonds. The van der Waals surface area contributed by atoms with E-state index in [0.29, 0.717) is 36.6 Å². The van der Waals surface area contributed by atoms with Crippen LogP contribution in [-0.2, 0) is 11.3 Å². The van der Waals surface area contributed by atoms with Crippen molar-refractivity contribution in [3.63, 3.8) is 0 Å². The predicted octanol–water partition coefficient (Wildman–Crippen LogP) is 2.28. The molecule has 8 heteroatoms. The van der Waals surface area contributed by atoms with Crippen molar-refractivity contribution < 1.29 is 14.6 Å². The van der Waals surface area contributed by atoms with Crippen molar-refractivity contribution in [3.05, 3.63) is 34.2 Å². The molecular formula is C24H32N4O4. The number of hydrogen-bond donors (Lipinski definition) is 2. The number of aromatic nitrogens is 2. The molecular weight excluding hydrogens is 408 g/mol. The van der Waals surface area contributed by atoms with E-state index in [1.165, 1.54) is 0 Å². The summed E-state index contributed by atoms with van der Waals surface area (Å²) in [4.78, 5) is 33.3. The maximum atomic E-state index is 13.4. The van der Waals surface area contributed by atoms with Crippen LogP contribution >= 0.6 is 0 Å². The van der Waals surface area contributed by atoms with Crippen LogP contribution in [0.5, 0.6) is 5.75 Å². The molecule has 2 aromatic rings. The first kappa shape index (κ1) is 21.4. The molecule has 0 bridgehead atoms. The SMILES string of the molecule is C[C@H]1CC[C@@H](NC(=O)c2c(O)c3cccnc3n(CCN3CCOCC34CC4)c2=O)CC1. The van der Waals surface area contributed by atoms with Crippen molar-refractivity contribution in [3.8, 4) is 5.75 Å². The monoisotopic (exact) mass is 440 g/mol. The lowest BCUT2D eigenvalue weighted by atomic mass is 9.87. The van der Waals surface area contributed by atoms with Gasteiger partial charge in [-0.05, 0) is 56.6 Å². The summed E-state index contributed by atoms with van der Waals surface area (Å²) < 4.78 is 7.21. The number of aromatic hydroxyl groups is 1. The summed E-state index contributed by atoms with van der Waals surface area (Å²) in [5, 5.41) is 14.3. The Morgan fingerprint density at radius 3 is 2.81 bits per heavy atom. The zero-order chi connectivity index (χ0) is 22.3. The summed E-state index contributed by atoms with van der Waals surface area (Å²) in [6, 6.07) is 3.46. The first-order chi connectivity index (χ1) is 15.5. The molecule has 1 spiro atoms. The Kier molecular flexibility index (Phi) is 5.67. The molecule has 8 nitrogen and oxygen atoms in total. The molecule has 2 aromatic heterocycles. The number of nitrogens with one attached hydrogen (secondary N) is 1. The van der Waals surface area contributed by atoms with Gasteiger partial charge < -0.3 is 15.2 Å². The van der Waals surface area contributed by atoms with Gasteiger partial charge in [0, 0.05) is 37.4 Å². The molecule has 3 heterocycles. The van der Waals surface area contributed by atoms with E-state index in [0.717, 1.165) is 51.7 Å². The van der Waals surface area contributed by atoms with Gasteiger partial charge in [-0.2, -0.15) is 0 Å². The molecule has 2 saturated carbocycles. The average molecular weight is 441 g/mol. The predicted molar refractivity (Wildman–Crippen MR) is 121 cm³/mol. The highest BCUT2D eigenvalue weighted by Crippen LogP contribution is 2.43. The van der Waals surface area contributed by atoms with Crippen LogP contribution in [0.15, 0.2) is 23.1 Å². The Hall–Kier alpha value is -2.45.